The minimum atomic E-state index is -0.102. The summed E-state index contributed by atoms with van der Waals surface area (Å²) in [7, 11) is 0. The predicted molar refractivity (Wildman–Crippen MR) is 71.5 cm³/mol. The number of aryl methyl sites for hydroxylation is 2. The molecule has 2 aromatic heterocycles. The van der Waals surface area contributed by atoms with Crippen molar-refractivity contribution in [1.29, 1.82) is 0 Å². The minimum absolute atomic E-state index is 0.102. The molecular formula is C13H15ClN4O. The highest BCUT2D eigenvalue weighted by Crippen LogP contribution is 2.42. The Balaban J connectivity index is 2.14. The fourth-order valence-electron chi connectivity index (χ4n) is 2.21. The van der Waals surface area contributed by atoms with Gasteiger partial charge in [0, 0.05) is 22.9 Å². The second kappa shape index (κ2) is 4.58. The van der Waals surface area contributed by atoms with Gasteiger partial charge in [0.1, 0.15) is 5.15 Å². The second-order valence-corrected chi connectivity index (χ2v) is 5.31. The van der Waals surface area contributed by atoms with Crippen molar-refractivity contribution in [2.75, 3.05) is 0 Å². The molecule has 100 valence electrons. The van der Waals surface area contributed by atoms with Crippen molar-refractivity contribution in [1.82, 2.24) is 19.7 Å². The van der Waals surface area contributed by atoms with E-state index in [1.165, 1.54) is 4.68 Å². The molecule has 1 saturated carbocycles. The van der Waals surface area contributed by atoms with Crippen molar-refractivity contribution >= 4 is 11.6 Å². The van der Waals surface area contributed by atoms with Crippen molar-refractivity contribution in [3.8, 4) is 5.95 Å². The number of aromatic nitrogens is 4. The first-order valence-electron chi connectivity index (χ1n) is 6.31. The Morgan fingerprint density at radius 1 is 1.32 bits per heavy atom. The monoisotopic (exact) mass is 278 g/mol. The number of aliphatic hydroxyl groups excluding tert-OH is 1. The Hall–Kier alpha value is -1.46. The first-order valence-corrected chi connectivity index (χ1v) is 6.68. The zero-order valence-corrected chi connectivity index (χ0v) is 11.6. The number of hydrogen-bond donors (Lipinski definition) is 1. The summed E-state index contributed by atoms with van der Waals surface area (Å²) in [6.07, 6.45) is 2.21. The lowest BCUT2D eigenvalue weighted by molar-refractivity contribution is 0.280. The lowest BCUT2D eigenvalue weighted by Crippen LogP contribution is -2.05. The molecule has 1 aliphatic rings. The number of halogens is 1. The standard InChI is InChI=1S/C13H15ClN4O/c1-7-5-8(2)16-13(15-7)18-12(14)10(6-19)11(17-18)9-3-4-9/h5,9,19H,3-4,6H2,1-2H3. The molecule has 6 heteroatoms. The van der Waals surface area contributed by atoms with Crippen LogP contribution in [-0.2, 0) is 6.61 Å². The predicted octanol–water partition coefficient (Wildman–Crippen LogP) is 2.30. The van der Waals surface area contributed by atoms with Gasteiger partial charge in [-0.3, -0.25) is 0 Å². The molecule has 0 unspecified atom stereocenters. The Morgan fingerprint density at radius 2 is 1.95 bits per heavy atom. The van der Waals surface area contributed by atoms with E-state index >= 15 is 0 Å². The van der Waals surface area contributed by atoms with Gasteiger partial charge < -0.3 is 5.11 Å². The van der Waals surface area contributed by atoms with Gasteiger partial charge in [-0.2, -0.15) is 9.78 Å². The normalized spacial score (nSPS) is 14.9. The van der Waals surface area contributed by atoms with Crippen LogP contribution in [0.2, 0.25) is 5.15 Å². The molecule has 2 heterocycles. The molecule has 0 radical (unpaired) electrons. The lowest BCUT2D eigenvalue weighted by Gasteiger charge is -2.03. The van der Waals surface area contributed by atoms with Crippen LogP contribution in [0.5, 0.6) is 0 Å². The van der Waals surface area contributed by atoms with E-state index in [0.29, 0.717) is 22.6 Å². The summed E-state index contributed by atoms with van der Waals surface area (Å²) in [6, 6.07) is 1.90. The van der Waals surface area contributed by atoms with Crippen LogP contribution in [0, 0.1) is 13.8 Å². The molecule has 1 N–H and O–H groups in total. The zero-order valence-electron chi connectivity index (χ0n) is 10.9. The van der Waals surface area contributed by atoms with Crippen LogP contribution < -0.4 is 0 Å². The van der Waals surface area contributed by atoms with Gasteiger partial charge in [-0.1, -0.05) is 11.6 Å². The molecule has 0 aliphatic heterocycles. The summed E-state index contributed by atoms with van der Waals surface area (Å²) >= 11 is 6.30. The third-order valence-corrected chi connectivity index (χ3v) is 3.62. The van der Waals surface area contributed by atoms with Crippen LogP contribution in [0.4, 0.5) is 0 Å². The van der Waals surface area contributed by atoms with E-state index in [-0.39, 0.29) is 6.61 Å². The summed E-state index contributed by atoms with van der Waals surface area (Å²) in [5, 5.41) is 14.4. The van der Waals surface area contributed by atoms with Gasteiger partial charge in [0.05, 0.1) is 12.3 Å². The third-order valence-electron chi connectivity index (χ3n) is 3.23. The van der Waals surface area contributed by atoms with Crippen LogP contribution in [0.25, 0.3) is 5.95 Å². The van der Waals surface area contributed by atoms with Crippen molar-refractivity contribution in [2.45, 2.75) is 39.2 Å². The Kier molecular flexibility index (Phi) is 3.03. The molecule has 5 nitrogen and oxygen atoms in total. The highest BCUT2D eigenvalue weighted by molar-refractivity contribution is 6.30. The van der Waals surface area contributed by atoms with Crippen molar-refractivity contribution in [3.63, 3.8) is 0 Å². The average Bonchev–Trinajstić information content (AvgIpc) is 3.12. The van der Waals surface area contributed by atoms with Crippen molar-refractivity contribution in [3.05, 3.63) is 33.9 Å². The maximum Gasteiger partial charge on any atom is 0.252 e. The van der Waals surface area contributed by atoms with Crippen molar-refractivity contribution in [2.24, 2.45) is 0 Å². The summed E-state index contributed by atoms with van der Waals surface area (Å²) in [5.74, 6) is 0.885. The molecule has 0 spiro atoms. The van der Waals surface area contributed by atoms with Gasteiger partial charge in [-0.05, 0) is 32.8 Å². The number of rotatable bonds is 3. The molecule has 2 aromatic rings. The minimum Gasteiger partial charge on any atom is -0.391 e. The maximum atomic E-state index is 9.47. The summed E-state index contributed by atoms with van der Waals surface area (Å²) in [6.45, 7) is 3.71. The molecule has 0 aromatic carbocycles. The molecule has 1 aliphatic carbocycles. The number of nitrogens with zero attached hydrogens (tertiary/aromatic N) is 4. The van der Waals surface area contributed by atoms with Gasteiger partial charge in [0.15, 0.2) is 0 Å². The molecule has 19 heavy (non-hydrogen) atoms. The Bertz CT molecular complexity index is 614. The SMILES string of the molecule is Cc1cc(C)nc(-n2nc(C3CC3)c(CO)c2Cl)n1. The second-order valence-electron chi connectivity index (χ2n) is 4.95. The van der Waals surface area contributed by atoms with E-state index in [9.17, 15) is 5.11 Å². The quantitative estimate of drug-likeness (QED) is 0.936. The van der Waals surface area contributed by atoms with E-state index in [1.54, 1.807) is 0 Å². The third kappa shape index (κ3) is 2.24. The van der Waals surface area contributed by atoms with Gasteiger partial charge in [0.2, 0.25) is 0 Å². The largest absolute Gasteiger partial charge is 0.391 e. The van der Waals surface area contributed by atoms with E-state index in [4.69, 9.17) is 11.6 Å². The zero-order chi connectivity index (χ0) is 13.6. The smallest absolute Gasteiger partial charge is 0.252 e. The van der Waals surface area contributed by atoms with Crippen LogP contribution in [0.1, 0.15) is 41.4 Å². The van der Waals surface area contributed by atoms with Gasteiger partial charge in [-0.15, -0.1) is 0 Å². The van der Waals surface area contributed by atoms with Crippen LogP contribution >= 0.6 is 11.6 Å². The van der Waals surface area contributed by atoms with E-state index < -0.39 is 0 Å². The molecule has 0 amide bonds. The van der Waals surface area contributed by atoms with Gasteiger partial charge in [0.25, 0.3) is 5.95 Å². The fraction of sp³-hybridized carbons (Fsp3) is 0.462. The highest BCUT2D eigenvalue weighted by atomic mass is 35.5. The van der Waals surface area contributed by atoms with E-state index in [1.807, 2.05) is 19.9 Å². The molecule has 0 atom stereocenters. The molecule has 0 saturated heterocycles. The van der Waals surface area contributed by atoms with Gasteiger partial charge in [-0.25, -0.2) is 9.97 Å². The van der Waals surface area contributed by atoms with Crippen molar-refractivity contribution < 1.29 is 5.11 Å². The Morgan fingerprint density at radius 3 is 2.47 bits per heavy atom. The maximum absolute atomic E-state index is 9.47. The molecular weight excluding hydrogens is 264 g/mol. The highest BCUT2D eigenvalue weighted by Gasteiger charge is 2.31. The average molecular weight is 279 g/mol. The van der Waals surface area contributed by atoms with Gasteiger partial charge >= 0.3 is 0 Å². The lowest BCUT2D eigenvalue weighted by atomic mass is 10.2. The van der Waals surface area contributed by atoms with Crippen LogP contribution in [0.3, 0.4) is 0 Å². The van der Waals surface area contributed by atoms with E-state index in [0.717, 1.165) is 29.9 Å². The van der Waals surface area contributed by atoms with Crippen LogP contribution in [0.15, 0.2) is 6.07 Å². The fourth-order valence-corrected chi connectivity index (χ4v) is 2.48. The molecule has 3 rings (SSSR count). The summed E-state index contributed by atoms with van der Waals surface area (Å²) in [5.41, 5.74) is 3.32. The van der Waals surface area contributed by atoms with Crippen LogP contribution in [-0.4, -0.2) is 24.9 Å². The first-order chi connectivity index (χ1) is 9.10. The number of aliphatic hydroxyl groups is 1. The summed E-state index contributed by atoms with van der Waals surface area (Å²) < 4.78 is 1.53. The number of hydrogen-bond acceptors (Lipinski definition) is 4. The Labute approximate surface area is 116 Å². The first kappa shape index (κ1) is 12.6. The summed E-state index contributed by atoms with van der Waals surface area (Å²) in [4.78, 5) is 8.71. The topological polar surface area (TPSA) is 63.8 Å². The van der Waals surface area contributed by atoms with E-state index in [2.05, 4.69) is 15.1 Å². The molecule has 1 fully saturated rings. The molecule has 0 bridgehead atoms.